The van der Waals surface area contributed by atoms with E-state index in [1.807, 2.05) is 0 Å². The topological polar surface area (TPSA) is 35.2 Å². The van der Waals surface area contributed by atoms with Crippen molar-refractivity contribution in [1.29, 1.82) is 0 Å². The Kier molecular flexibility index (Phi) is 3.91. The first-order valence-corrected chi connectivity index (χ1v) is 3.83. The van der Waals surface area contributed by atoms with Crippen molar-refractivity contribution in [2.75, 3.05) is 6.54 Å². The quantitative estimate of drug-likeness (QED) is 0.653. The SMILES string of the molecule is CC(CCN)OC(C)(C)C. The van der Waals surface area contributed by atoms with Crippen molar-refractivity contribution < 1.29 is 4.74 Å². The highest BCUT2D eigenvalue weighted by atomic mass is 16.5. The summed E-state index contributed by atoms with van der Waals surface area (Å²) >= 11 is 0. The third kappa shape index (κ3) is 6.05. The van der Waals surface area contributed by atoms with Crippen LogP contribution in [0.5, 0.6) is 0 Å². The zero-order valence-corrected chi connectivity index (χ0v) is 7.48. The summed E-state index contributed by atoms with van der Waals surface area (Å²) in [5, 5.41) is 0. The van der Waals surface area contributed by atoms with Gasteiger partial charge in [0.15, 0.2) is 0 Å². The third-order valence-corrected chi connectivity index (χ3v) is 1.13. The van der Waals surface area contributed by atoms with Crippen LogP contribution in [0.3, 0.4) is 0 Å². The van der Waals surface area contributed by atoms with E-state index in [0.717, 1.165) is 6.42 Å². The van der Waals surface area contributed by atoms with Gasteiger partial charge in [-0.2, -0.15) is 0 Å². The molecule has 0 rings (SSSR count). The molecule has 10 heavy (non-hydrogen) atoms. The molecule has 0 aliphatic rings. The van der Waals surface area contributed by atoms with E-state index >= 15 is 0 Å². The van der Waals surface area contributed by atoms with Crippen LogP contribution in [0.1, 0.15) is 34.1 Å². The van der Waals surface area contributed by atoms with Crippen LogP contribution in [0.2, 0.25) is 0 Å². The Morgan fingerprint density at radius 1 is 1.40 bits per heavy atom. The molecule has 1 atom stereocenters. The number of hydrogen-bond acceptors (Lipinski definition) is 2. The van der Waals surface area contributed by atoms with Crippen molar-refractivity contribution >= 4 is 0 Å². The fourth-order valence-corrected chi connectivity index (χ4v) is 0.897. The molecule has 2 heteroatoms. The van der Waals surface area contributed by atoms with Crippen LogP contribution in [0.15, 0.2) is 0 Å². The number of hydrogen-bond donors (Lipinski definition) is 1. The smallest absolute Gasteiger partial charge is 0.0602 e. The summed E-state index contributed by atoms with van der Waals surface area (Å²) in [7, 11) is 0. The maximum atomic E-state index is 5.60. The molecular weight excluding hydrogens is 126 g/mol. The maximum Gasteiger partial charge on any atom is 0.0602 e. The Labute approximate surface area is 63.7 Å². The van der Waals surface area contributed by atoms with E-state index in [4.69, 9.17) is 10.5 Å². The lowest BCUT2D eigenvalue weighted by Gasteiger charge is -2.24. The average molecular weight is 145 g/mol. The molecule has 2 nitrogen and oxygen atoms in total. The Morgan fingerprint density at radius 2 is 1.90 bits per heavy atom. The second kappa shape index (κ2) is 3.94. The van der Waals surface area contributed by atoms with Gasteiger partial charge >= 0.3 is 0 Å². The molecule has 1 unspecified atom stereocenters. The van der Waals surface area contributed by atoms with Crippen molar-refractivity contribution in [2.45, 2.75) is 45.8 Å². The molecule has 0 amide bonds. The van der Waals surface area contributed by atoms with Crippen molar-refractivity contribution in [3.8, 4) is 0 Å². The van der Waals surface area contributed by atoms with Crippen molar-refractivity contribution in [3.05, 3.63) is 0 Å². The van der Waals surface area contributed by atoms with E-state index in [-0.39, 0.29) is 11.7 Å². The van der Waals surface area contributed by atoms with Crippen LogP contribution in [0, 0.1) is 0 Å². The highest BCUT2D eigenvalue weighted by Crippen LogP contribution is 2.11. The summed E-state index contributed by atoms with van der Waals surface area (Å²) in [6, 6.07) is 0. The van der Waals surface area contributed by atoms with Gasteiger partial charge in [-0.3, -0.25) is 0 Å². The molecule has 2 N–H and O–H groups in total. The van der Waals surface area contributed by atoms with Crippen LogP contribution in [0.4, 0.5) is 0 Å². The molecule has 0 aliphatic heterocycles. The normalized spacial score (nSPS) is 15.3. The van der Waals surface area contributed by atoms with E-state index in [9.17, 15) is 0 Å². The van der Waals surface area contributed by atoms with Gasteiger partial charge in [0.1, 0.15) is 0 Å². The number of rotatable bonds is 3. The minimum atomic E-state index is -0.0331. The van der Waals surface area contributed by atoms with Crippen LogP contribution in [-0.2, 0) is 4.74 Å². The molecule has 0 aromatic carbocycles. The molecule has 0 aromatic heterocycles. The van der Waals surface area contributed by atoms with Gasteiger partial charge in [0.05, 0.1) is 11.7 Å². The first kappa shape index (κ1) is 9.92. The summed E-state index contributed by atoms with van der Waals surface area (Å²) in [6.07, 6.45) is 1.22. The molecular formula is C8H19NO. The van der Waals surface area contributed by atoms with Crippen molar-refractivity contribution in [2.24, 2.45) is 5.73 Å². The monoisotopic (exact) mass is 145 g/mol. The predicted molar refractivity (Wildman–Crippen MR) is 44.0 cm³/mol. The Balaban J connectivity index is 3.47. The van der Waals surface area contributed by atoms with Crippen molar-refractivity contribution in [3.63, 3.8) is 0 Å². The van der Waals surface area contributed by atoms with Gasteiger partial charge < -0.3 is 10.5 Å². The predicted octanol–water partition coefficient (Wildman–Crippen LogP) is 1.54. The molecule has 0 saturated heterocycles. The Bertz CT molecular complexity index is 85.7. The highest BCUT2D eigenvalue weighted by molar-refractivity contribution is 4.62. The molecule has 0 heterocycles. The molecule has 0 bridgehead atoms. The minimum absolute atomic E-state index is 0.0331. The van der Waals surface area contributed by atoms with Gasteiger partial charge in [-0.25, -0.2) is 0 Å². The molecule has 62 valence electrons. The summed E-state index contributed by atoms with van der Waals surface area (Å²) in [6.45, 7) is 8.93. The number of nitrogens with two attached hydrogens (primary N) is 1. The Hall–Kier alpha value is -0.0800. The lowest BCUT2D eigenvalue weighted by molar-refractivity contribution is -0.0530. The maximum absolute atomic E-state index is 5.60. The summed E-state index contributed by atoms with van der Waals surface area (Å²) in [4.78, 5) is 0. The van der Waals surface area contributed by atoms with Gasteiger partial charge in [-0.15, -0.1) is 0 Å². The largest absolute Gasteiger partial charge is 0.373 e. The molecule has 0 radical (unpaired) electrons. The summed E-state index contributed by atoms with van der Waals surface area (Å²) in [5.41, 5.74) is 5.34. The highest BCUT2D eigenvalue weighted by Gasteiger charge is 2.13. The first-order chi connectivity index (χ1) is 4.45. The van der Waals surface area contributed by atoms with Gasteiger partial charge in [0.2, 0.25) is 0 Å². The van der Waals surface area contributed by atoms with Gasteiger partial charge in [-0.05, 0) is 40.7 Å². The lowest BCUT2D eigenvalue weighted by Crippen LogP contribution is -2.26. The molecule has 0 aromatic rings. The third-order valence-electron chi connectivity index (χ3n) is 1.13. The molecule has 0 saturated carbocycles. The van der Waals surface area contributed by atoms with Crippen molar-refractivity contribution in [1.82, 2.24) is 0 Å². The summed E-state index contributed by atoms with van der Waals surface area (Å²) in [5.74, 6) is 0. The van der Waals surface area contributed by atoms with Crippen LogP contribution < -0.4 is 5.73 Å². The van der Waals surface area contributed by atoms with Crippen LogP contribution in [-0.4, -0.2) is 18.2 Å². The van der Waals surface area contributed by atoms with E-state index in [1.54, 1.807) is 0 Å². The second-order valence-electron chi connectivity index (χ2n) is 3.62. The van der Waals surface area contributed by atoms with Crippen LogP contribution >= 0.6 is 0 Å². The van der Waals surface area contributed by atoms with Crippen LogP contribution in [0.25, 0.3) is 0 Å². The molecule has 0 aliphatic carbocycles. The van der Waals surface area contributed by atoms with Gasteiger partial charge in [0, 0.05) is 0 Å². The fraction of sp³-hybridized carbons (Fsp3) is 1.00. The van der Waals surface area contributed by atoms with E-state index in [1.165, 1.54) is 0 Å². The average Bonchev–Trinajstić information content (AvgIpc) is 1.59. The first-order valence-electron chi connectivity index (χ1n) is 3.83. The van der Waals surface area contributed by atoms with Gasteiger partial charge in [0.25, 0.3) is 0 Å². The summed E-state index contributed by atoms with van der Waals surface area (Å²) < 4.78 is 5.60. The van der Waals surface area contributed by atoms with E-state index in [0.29, 0.717) is 6.54 Å². The fourth-order valence-electron chi connectivity index (χ4n) is 0.897. The minimum Gasteiger partial charge on any atom is -0.373 e. The standard InChI is InChI=1S/C8H19NO/c1-7(5-6-9)10-8(2,3)4/h7H,5-6,9H2,1-4H3. The zero-order chi connectivity index (χ0) is 8.20. The van der Waals surface area contributed by atoms with E-state index < -0.39 is 0 Å². The van der Waals surface area contributed by atoms with E-state index in [2.05, 4.69) is 27.7 Å². The molecule has 0 spiro atoms. The Morgan fingerprint density at radius 3 is 2.20 bits per heavy atom. The zero-order valence-electron chi connectivity index (χ0n) is 7.48. The lowest BCUT2D eigenvalue weighted by atomic mass is 10.1. The van der Waals surface area contributed by atoms with Gasteiger partial charge in [-0.1, -0.05) is 0 Å². The second-order valence-corrected chi connectivity index (χ2v) is 3.62. The number of ether oxygens (including phenoxy) is 1. The molecule has 0 fully saturated rings.